The summed E-state index contributed by atoms with van der Waals surface area (Å²) in [5, 5.41) is 4.65. The third kappa shape index (κ3) is 4.46. The van der Waals surface area contributed by atoms with Crippen molar-refractivity contribution in [3.8, 4) is 10.6 Å². The number of rotatable bonds is 6. The van der Waals surface area contributed by atoms with Gasteiger partial charge in [-0.25, -0.2) is 4.98 Å². The van der Waals surface area contributed by atoms with Crippen LogP contribution in [0.15, 0.2) is 54.9 Å². The lowest BCUT2D eigenvalue weighted by molar-refractivity contribution is -0.119. The Hall–Kier alpha value is -2.18. The first-order chi connectivity index (χ1) is 12.2. The molecule has 0 aliphatic heterocycles. The number of thiol groups is 1. The Balaban J connectivity index is 1.72. The van der Waals surface area contributed by atoms with Gasteiger partial charge in [0, 0.05) is 23.7 Å². The number of pyridine rings is 1. The lowest BCUT2D eigenvalue weighted by atomic mass is 10.0. The summed E-state index contributed by atoms with van der Waals surface area (Å²) >= 11 is 5.83. The number of carbonyl (C=O) groups excluding carboxylic acids is 1. The Morgan fingerprint density at radius 1 is 1.24 bits per heavy atom. The first kappa shape index (κ1) is 17.6. The largest absolute Gasteiger partial charge is 0.316 e. The number of amides is 1. The molecule has 25 heavy (non-hydrogen) atoms. The van der Waals surface area contributed by atoms with E-state index >= 15 is 0 Å². The highest BCUT2D eigenvalue weighted by Gasteiger charge is 2.20. The van der Waals surface area contributed by atoms with Crippen molar-refractivity contribution in [1.29, 1.82) is 0 Å². The Bertz CT molecular complexity index is 834. The summed E-state index contributed by atoms with van der Waals surface area (Å²) in [5.74, 6) is 0.283. The number of nitrogens with one attached hydrogen (secondary N) is 1. The van der Waals surface area contributed by atoms with Crippen LogP contribution in [0.25, 0.3) is 10.6 Å². The molecular weight excluding hydrogens is 350 g/mol. The van der Waals surface area contributed by atoms with E-state index in [9.17, 15) is 4.79 Å². The topological polar surface area (TPSA) is 54.9 Å². The molecule has 6 heteroatoms. The highest BCUT2D eigenvalue weighted by atomic mass is 32.1. The maximum atomic E-state index is 12.7. The zero-order chi connectivity index (χ0) is 17.6. The molecule has 0 fully saturated rings. The van der Waals surface area contributed by atoms with E-state index in [1.54, 1.807) is 12.4 Å². The highest BCUT2D eigenvalue weighted by molar-refractivity contribution is 7.80. The van der Waals surface area contributed by atoms with Gasteiger partial charge in [-0.15, -0.1) is 0 Å². The predicted octanol–water partition coefficient (Wildman–Crippen LogP) is 4.24. The van der Waals surface area contributed by atoms with E-state index in [1.165, 1.54) is 11.3 Å². The highest BCUT2D eigenvalue weighted by Crippen LogP contribution is 2.31. The van der Waals surface area contributed by atoms with Crippen LogP contribution < -0.4 is 5.32 Å². The first-order valence-electron chi connectivity index (χ1n) is 8.01. The summed E-state index contributed by atoms with van der Waals surface area (Å²) in [5.41, 5.74) is 2.90. The third-order valence-electron chi connectivity index (χ3n) is 3.86. The molecule has 128 valence electrons. The average molecular weight is 370 g/mol. The minimum Gasteiger partial charge on any atom is -0.316 e. The van der Waals surface area contributed by atoms with Crippen molar-refractivity contribution in [3.05, 3.63) is 66.1 Å². The number of anilines is 1. The zero-order valence-electron chi connectivity index (χ0n) is 13.8. The van der Waals surface area contributed by atoms with Crippen LogP contribution in [0, 0.1) is 12.8 Å². The Labute approximate surface area is 156 Å². The molecule has 2 heterocycles. The number of hydrogen-bond acceptors (Lipinski definition) is 5. The number of aryl methyl sites for hydroxylation is 1. The number of benzene rings is 1. The van der Waals surface area contributed by atoms with Gasteiger partial charge in [0.1, 0.15) is 10.0 Å². The first-order valence-corrected chi connectivity index (χ1v) is 9.45. The van der Waals surface area contributed by atoms with Gasteiger partial charge in [0.2, 0.25) is 5.91 Å². The molecule has 0 aliphatic carbocycles. The summed E-state index contributed by atoms with van der Waals surface area (Å²) in [4.78, 5) is 21.3. The summed E-state index contributed by atoms with van der Waals surface area (Å²) in [6.45, 7) is 1.90. The molecule has 0 saturated heterocycles. The van der Waals surface area contributed by atoms with Crippen molar-refractivity contribution < 1.29 is 4.79 Å². The summed E-state index contributed by atoms with van der Waals surface area (Å²) < 4.78 is 0. The fourth-order valence-electron chi connectivity index (χ4n) is 2.48. The van der Waals surface area contributed by atoms with E-state index in [0.717, 1.165) is 26.8 Å². The molecule has 2 aromatic heterocycles. The van der Waals surface area contributed by atoms with Gasteiger partial charge in [0.05, 0.1) is 11.6 Å². The number of aromatic nitrogens is 2. The van der Waals surface area contributed by atoms with E-state index < -0.39 is 0 Å². The molecule has 1 amide bonds. The SMILES string of the molecule is Cc1nc(-c2cccnc2)sc1NC(=O)C(CS)Cc1ccccc1. The minimum atomic E-state index is -0.186. The minimum absolute atomic E-state index is 0.0247. The normalized spacial score (nSPS) is 11.9. The number of carbonyl (C=O) groups is 1. The van der Waals surface area contributed by atoms with Crippen molar-refractivity contribution in [3.63, 3.8) is 0 Å². The fourth-order valence-corrected chi connectivity index (χ4v) is 3.73. The lowest BCUT2D eigenvalue weighted by Crippen LogP contribution is -2.26. The van der Waals surface area contributed by atoms with Crippen LogP contribution in [0.5, 0.6) is 0 Å². The maximum Gasteiger partial charge on any atom is 0.229 e. The van der Waals surface area contributed by atoms with Crippen molar-refractivity contribution in [2.24, 2.45) is 5.92 Å². The maximum absolute atomic E-state index is 12.7. The van der Waals surface area contributed by atoms with Gasteiger partial charge >= 0.3 is 0 Å². The van der Waals surface area contributed by atoms with Gasteiger partial charge in [0.15, 0.2) is 0 Å². The predicted molar refractivity (Wildman–Crippen MR) is 106 cm³/mol. The van der Waals surface area contributed by atoms with Crippen molar-refractivity contribution >= 4 is 34.9 Å². The second kappa shape index (κ2) is 8.27. The van der Waals surface area contributed by atoms with Crippen LogP contribution in [-0.4, -0.2) is 21.6 Å². The number of thiazole rings is 1. The quantitative estimate of drug-likeness (QED) is 0.639. The molecular formula is C19H19N3OS2. The Kier molecular flexibility index (Phi) is 5.83. The Morgan fingerprint density at radius 3 is 2.72 bits per heavy atom. The number of hydrogen-bond donors (Lipinski definition) is 2. The van der Waals surface area contributed by atoms with E-state index in [2.05, 4.69) is 27.9 Å². The van der Waals surface area contributed by atoms with E-state index in [4.69, 9.17) is 0 Å². The molecule has 3 aromatic rings. The third-order valence-corrected chi connectivity index (χ3v) is 5.42. The Morgan fingerprint density at radius 2 is 2.04 bits per heavy atom. The molecule has 1 N–H and O–H groups in total. The van der Waals surface area contributed by atoms with E-state index in [-0.39, 0.29) is 11.8 Å². The number of nitrogens with zero attached hydrogens (tertiary/aromatic N) is 2. The van der Waals surface area contributed by atoms with Gasteiger partial charge in [-0.1, -0.05) is 41.7 Å². The van der Waals surface area contributed by atoms with Crippen LogP contribution in [-0.2, 0) is 11.2 Å². The molecule has 0 bridgehead atoms. The lowest BCUT2D eigenvalue weighted by Gasteiger charge is -2.14. The molecule has 3 rings (SSSR count). The molecule has 1 aromatic carbocycles. The second-order valence-electron chi connectivity index (χ2n) is 5.73. The van der Waals surface area contributed by atoms with Crippen LogP contribution >= 0.6 is 24.0 Å². The second-order valence-corrected chi connectivity index (χ2v) is 7.10. The van der Waals surface area contributed by atoms with Crippen molar-refractivity contribution in [2.45, 2.75) is 13.3 Å². The van der Waals surface area contributed by atoms with Gasteiger partial charge in [-0.2, -0.15) is 12.6 Å². The van der Waals surface area contributed by atoms with Crippen molar-refractivity contribution in [2.75, 3.05) is 11.1 Å². The van der Waals surface area contributed by atoms with Gasteiger partial charge in [-0.05, 0) is 31.0 Å². The molecule has 1 atom stereocenters. The fraction of sp³-hybridized carbons (Fsp3) is 0.211. The smallest absolute Gasteiger partial charge is 0.229 e. The van der Waals surface area contributed by atoms with Gasteiger partial charge < -0.3 is 5.32 Å². The van der Waals surface area contributed by atoms with Crippen LogP contribution in [0.1, 0.15) is 11.3 Å². The van der Waals surface area contributed by atoms with Gasteiger partial charge in [0.25, 0.3) is 0 Å². The van der Waals surface area contributed by atoms with Crippen LogP contribution in [0.3, 0.4) is 0 Å². The molecule has 4 nitrogen and oxygen atoms in total. The van der Waals surface area contributed by atoms with Crippen LogP contribution in [0.4, 0.5) is 5.00 Å². The summed E-state index contributed by atoms with van der Waals surface area (Å²) in [6, 6.07) is 13.8. The standard InChI is InChI=1S/C19H19N3OS2/c1-13-18(25-19(21-13)15-8-5-9-20-11-15)22-17(23)16(12-24)10-14-6-3-2-4-7-14/h2-9,11,16,24H,10,12H2,1H3,(H,22,23). The summed E-state index contributed by atoms with van der Waals surface area (Å²) in [6.07, 6.45) is 4.17. The van der Waals surface area contributed by atoms with Crippen LogP contribution in [0.2, 0.25) is 0 Å². The molecule has 0 spiro atoms. The zero-order valence-corrected chi connectivity index (χ0v) is 15.6. The summed E-state index contributed by atoms with van der Waals surface area (Å²) in [7, 11) is 0. The van der Waals surface area contributed by atoms with Crippen molar-refractivity contribution in [1.82, 2.24) is 9.97 Å². The van der Waals surface area contributed by atoms with E-state index in [0.29, 0.717) is 12.2 Å². The monoisotopic (exact) mass is 369 g/mol. The molecule has 1 unspecified atom stereocenters. The molecule has 0 radical (unpaired) electrons. The average Bonchev–Trinajstić information content (AvgIpc) is 3.02. The van der Waals surface area contributed by atoms with E-state index in [1.807, 2.05) is 49.4 Å². The molecule has 0 saturated carbocycles. The molecule has 0 aliphatic rings. The van der Waals surface area contributed by atoms with Gasteiger partial charge in [-0.3, -0.25) is 9.78 Å².